The molecule has 0 bridgehead atoms. The van der Waals surface area contributed by atoms with Crippen LogP contribution in [-0.4, -0.2) is 30.3 Å². The van der Waals surface area contributed by atoms with Gasteiger partial charge < -0.3 is 10.1 Å². The van der Waals surface area contributed by atoms with E-state index >= 15 is 0 Å². The van der Waals surface area contributed by atoms with Gasteiger partial charge in [-0.1, -0.05) is 13.8 Å². The second kappa shape index (κ2) is 8.50. The predicted octanol–water partition coefficient (Wildman–Crippen LogP) is 3.59. The van der Waals surface area contributed by atoms with Crippen LogP contribution in [0.25, 0.3) is 0 Å². The Morgan fingerprint density at radius 1 is 1.29 bits per heavy atom. The number of aryl methyl sites for hydroxylation is 1. The number of ether oxygens (including phenoxy) is 1. The van der Waals surface area contributed by atoms with E-state index in [2.05, 4.69) is 36.3 Å². The normalized spacial score (nSPS) is 16.9. The molecule has 1 fully saturated rings. The Hall–Kier alpha value is -0.930. The summed E-state index contributed by atoms with van der Waals surface area (Å²) in [5.74, 6) is 0.726. The van der Waals surface area contributed by atoms with Crippen LogP contribution in [0.2, 0.25) is 0 Å². The largest absolute Gasteiger partial charge is 0.375 e. The first-order chi connectivity index (χ1) is 10.2. The molecular formula is C18H30N2O. The number of hydrogen-bond donors (Lipinski definition) is 1. The highest BCUT2D eigenvalue weighted by Crippen LogP contribution is 2.38. The Morgan fingerprint density at radius 2 is 2.05 bits per heavy atom. The third-order valence-corrected chi connectivity index (χ3v) is 4.34. The van der Waals surface area contributed by atoms with Crippen LogP contribution < -0.4 is 5.32 Å². The van der Waals surface area contributed by atoms with Gasteiger partial charge in [0, 0.05) is 19.0 Å². The minimum atomic E-state index is 0.183. The molecule has 1 aromatic rings. The van der Waals surface area contributed by atoms with Gasteiger partial charge in [-0.3, -0.25) is 4.98 Å². The van der Waals surface area contributed by atoms with Gasteiger partial charge in [0.25, 0.3) is 0 Å². The van der Waals surface area contributed by atoms with Crippen LogP contribution in [0.3, 0.4) is 0 Å². The monoisotopic (exact) mass is 290 g/mol. The molecule has 0 spiro atoms. The summed E-state index contributed by atoms with van der Waals surface area (Å²) in [5.41, 5.74) is 1.54. The molecule has 0 aromatic carbocycles. The van der Waals surface area contributed by atoms with Crippen LogP contribution in [0, 0.1) is 5.92 Å². The van der Waals surface area contributed by atoms with Gasteiger partial charge in [0.05, 0.1) is 5.60 Å². The molecule has 118 valence electrons. The Kier molecular flexibility index (Phi) is 6.65. The lowest BCUT2D eigenvalue weighted by molar-refractivity contribution is -0.105. The Balaban J connectivity index is 1.60. The molecule has 1 aliphatic carbocycles. The summed E-state index contributed by atoms with van der Waals surface area (Å²) < 4.78 is 6.24. The molecule has 3 nitrogen and oxygen atoms in total. The number of aromatic nitrogens is 1. The molecular weight excluding hydrogens is 260 g/mol. The zero-order chi connectivity index (χ0) is 15.0. The van der Waals surface area contributed by atoms with Crippen molar-refractivity contribution in [3.05, 3.63) is 30.1 Å². The van der Waals surface area contributed by atoms with Crippen molar-refractivity contribution in [2.24, 2.45) is 5.92 Å². The zero-order valence-electron chi connectivity index (χ0n) is 13.6. The Morgan fingerprint density at radius 3 is 2.67 bits per heavy atom. The summed E-state index contributed by atoms with van der Waals surface area (Å²) in [6.07, 6.45) is 10.9. The standard InChI is InChI=1S/C18H30N2O/c1-16(2)15-20-13-10-18(8-4-9-18)21-14-3-5-17-6-11-19-12-7-17/h6-7,11-12,16,20H,3-5,8-10,13-15H2,1-2H3. The maximum atomic E-state index is 6.24. The van der Waals surface area contributed by atoms with E-state index in [1.165, 1.54) is 24.8 Å². The van der Waals surface area contributed by atoms with Crippen LogP contribution in [0.15, 0.2) is 24.5 Å². The molecule has 3 heteroatoms. The van der Waals surface area contributed by atoms with E-state index in [-0.39, 0.29) is 5.60 Å². The lowest BCUT2D eigenvalue weighted by atomic mass is 9.77. The molecule has 2 rings (SSSR count). The van der Waals surface area contributed by atoms with Gasteiger partial charge in [0.15, 0.2) is 0 Å². The summed E-state index contributed by atoms with van der Waals surface area (Å²) in [6, 6.07) is 4.18. The van der Waals surface area contributed by atoms with Gasteiger partial charge in [-0.2, -0.15) is 0 Å². The highest BCUT2D eigenvalue weighted by Gasteiger charge is 2.37. The summed E-state index contributed by atoms with van der Waals surface area (Å²) in [6.45, 7) is 7.58. The van der Waals surface area contributed by atoms with E-state index in [0.29, 0.717) is 0 Å². The molecule has 1 saturated carbocycles. The van der Waals surface area contributed by atoms with Gasteiger partial charge >= 0.3 is 0 Å². The number of nitrogens with one attached hydrogen (secondary N) is 1. The summed E-state index contributed by atoms with van der Waals surface area (Å²) in [7, 11) is 0. The average Bonchev–Trinajstić information content (AvgIpc) is 2.45. The third-order valence-electron chi connectivity index (χ3n) is 4.34. The topological polar surface area (TPSA) is 34.1 Å². The fourth-order valence-electron chi connectivity index (χ4n) is 2.86. The fourth-order valence-corrected chi connectivity index (χ4v) is 2.86. The second-order valence-electron chi connectivity index (χ2n) is 6.69. The van der Waals surface area contributed by atoms with E-state index in [9.17, 15) is 0 Å². The van der Waals surface area contributed by atoms with E-state index < -0.39 is 0 Å². The molecule has 21 heavy (non-hydrogen) atoms. The highest BCUT2D eigenvalue weighted by molar-refractivity contribution is 5.09. The van der Waals surface area contributed by atoms with Crippen molar-refractivity contribution in [3.8, 4) is 0 Å². The van der Waals surface area contributed by atoms with E-state index in [0.717, 1.165) is 44.9 Å². The predicted molar refractivity (Wildman–Crippen MR) is 87.4 cm³/mol. The SMILES string of the molecule is CC(C)CNCCC1(OCCCc2ccncc2)CCC1. The molecule has 0 atom stereocenters. The van der Waals surface area contributed by atoms with Crippen LogP contribution in [0.4, 0.5) is 0 Å². The van der Waals surface area contributed by atoms with Gasteiger partial charge in [-0.15, -0.1) is 0 Å². The van der Waals surface area contributed by atoms with Crippen LogP contribution in [0.5, 0.6) is 0 Å². The maximum Gasteiger partial charge on any atom is 0.0694 e. The molecule has 0 saturated heterocycles. The van der Waals surface area contributed by atoms with Crippen molar-refractivity contribution in [1.29, 1.82) is 0 Å². The van der Waals surface area contributed by atoms with E-state index in [1.54, 1.807) is 0 Å². The molecule has 1 aromatic heterocycles. The molecule has 0 aliphatic heterocycles. The van der Waals surface area contributed by atoms with Crippen molar-refractivity contribution in [2.45, 2.75) is 58.0 Å². The van der Waals surface area contributed by atoms with Gasteiger partial charge in [-0.25, -0.2) is 0 Å². The van der Waals surface area contributed by atoms with Crippen LogP contribution in [-0.2, 0) is 11.2 Å². The highest BCUT2D eigenvalue weighted by atomic mass is 16.5. The minimum Gasteiger partial charge on any atom is -0.375 e. The molecule has 0 amide bonds. The van der Waals surface area contributed by atoms with Gasteiger partial charge in [0.2, 0.25) is 0 Å². The number of pyridine rings is 1. The average molecular weight is 290 g/mol. The van der Waals surface area contributed by atoms with Crippen LogP contribution in [0.1, 0.15) is 51.5 Å². The van der Waals surface area contributed by atoms with Crippen LogP contribution >= 0.6 is 0 Å². The van der Waals surface area contributed by atoms with Gasteiger partial charge in [-0.05, 0) is 75.2 Å². The Labute approximate surface area is 129 Å². The van der Waals surface area contributed by atoms with Gasteiger partial charge in [0.1, 0.15) is 0 Å². The summed E-state index contributed by atoms with van der Waals surface area (Å²) in [5, 5.41) is 3.54. The molecule has 1 N–H and O–H groups in total. The lowest BCUT2D eigenvalue weighted by Crippen LogP contribution is -2.43. The summed E-state index contributed by atoms with van der Waals surface area (Å²) >= 11 is 0. The van der Waals surface area contributed by atoms with Crippen molar-refractivity contribution in [2.75, 3.05) is 19.7 Å². The maximum absolute atomic E-state index is 6.24. The van der Waals surface area contributed by atoms with E-state index in [4.69, 9.17) is 4.74 Å². The molecule has 1 heterocycles. The smallest absolute Gasteiger partial charge is 0.0694 e. The fraction of sp³-hybridized carbons (Fsp3) is 0.722. The number of rotatable bonds is 10. The lowest BCUT2D eigenvalue weighted by Gasteiger charge is -2.42. The quantitative estimate of drug-likeness (QED) is 0.669. The first-order valence-electron chi connectivity index (χ1n) is 8.44. The first-order valence-corrected chi connectivity index (χ1v) is 8.44. The van der Waals surface area contributed by atoms with Crippen molar-refractivity contribution in [1.82, 2.24) is 10.3 Å². The number of nitrogens with zero attached hydrogens (tertiary/aromatic N) is 1. The molecule has 1 aliphatic rings. The number of hydrogen-bond acceptors (Lipinski definition) is 3. The van der Waals surface area contributed by atoms with Crippen molar-refractivity contribution >= 4 is 0 Å². The zero-order valence-corrected chi connectivity index (χ0v) is 13.6. The molecule has 0 unspecified atom stereocenters. The summed E-state index contributed by atoms with van der Waals surface area (Å²) in [4.78, 5) is 4.05. The second-order valence-corrected chi connectivity index (χ2v) is 6.69. The Bertz CT molecular complexity index is 387. The van der Waals surface area contributed by atoms with Crippen molar-refractivity contribution < 1.29 is 4.74 Å². The third kappa shape index (κ3) is 5.76. The van der Waals surface area contributed by atoms with E-state index in [1.807, 2.05) is 12.4 Å². The minimum absolute atomic E-state index is 0.183. The van der Waals surface area contributed by atoms with Crippen molar-refractivity contribution in [3.63, 3.8) is 0 Å². The first kappa shape index (κ1) is 16.4. The molecule has 0 radical (unpaired) electrons.